The zero-order valence-corrected chi connectivity index (χ0v) is 22.3. The molecule has 0 saturated carbocycles. The number of piperidine rings is 1. The smallest absolute Gasteiger partial charge is 0.264 e. The topological polar surface area (TPSA) is 162 Å². The number of hydrogen-bond donors (Lipinski definition) is 3. The molecule has 0 aliphatic carbocycles. The molecular formula is C26H36N4O9. The number of fused-ring (bicyclic) bond motifs is 1. The molecule has 1 aromatic carbocycles. The Bertz CT molecular complexity index is 1050. The van der Waals surface area contributed by atoms with E-state index in [1.807, 2.05) is 13.8 Å². The Labute approximate surface area is 226 Å². The Morgan fingerprint density at radius 2 is 1.59 bits per heavy atom. The number of amides is 5. The largest absolute Gasteiger partial charge is 0.382 e. The molecule has 13 nitrogen and oxygen atoms in total. The van der Waals surface area contributed by atoms with Gasteiger partial charge in [-0.05, 0) is 32.4 Å². The van der Waals surface area contributed by atoms with E-state index in [0.29, 0.717) is 58.5 Å². The molecule has 0 aromatic heterocycles. The Hall–Kier alpha value is -3.39. The van der Waals surface area contributed by atoms with Gasteiger partial charge in [0.05, 0.1) is 57.4 Å². The molecule has 2 aliphatic rings. The van der Waals surface area contributed by atoms with Crippen LogP contribution in [0.25, 0.3) is 0 Å². The molecule has 0 spiro atoms. The molecule has 13 heteroatoms. The molecule has 1 atom stereocenters. The Morgan fingerprint density at radius 3 is 2.23 bits per heavy atom. The van der Waals surface area contributed by atoms with Crippen molar-refractivity contribution < 1.29 is 42.9 Å². The predicted octanol–water partition coefficient (Wildman–Crippen LogP) is 0.0907. The third kappa shape index (κ3) is 8.82. The molecule has 2 heterocycles. The van der Waals surface area contributed by atoms with Crippen molar-refractivity contribution in [3.63, 3.8) is 0 Å². The molecule has 3 N–H and O–H groups in total. The predicted molar refractivity (Wildman–Crippen MR) is 138 cm³/mol. The zero-order valence-electron chi connectivity index (χ0n) is 22.3. The summed E-state index contributed by atoms with van der Waals surface area (Å²) in [7, 11) is 0. The number of carbonyl (C=O) groups excluding carboxylic acids is 5. The summed E-state index contributed by atoms with van der Waals surface area (Å²) in [6.07, 6.45) is 0.173. The van der Waals surface area contributed by atoms with Crippen molar-refractivity contribution in [2.45, 2.75) is 38.8 Å². The maximum atomic E-state index is 13.1. The minimum absolute atomic E-state index is 0.00617. The van der Waals surface area contributed by atoms with Crippen molar-refractivity contribution in [2.24, 2.45) is 0 Å². The molecule has 2 aliphatic heterocycles. The van der Waals surface area contributed by atoms with Gasteiger partial charge in [-0.25, -0.2) is 0 Å². The molecule has 0 radical (unpaired) electrons. The Balaban J connectivity index is 1.27. The van der Waals surface area contributed by atoms with Gasteiger partial charge in [0.2, 0.25) is 17.7 Å². The number of anilines is 1. The summed E-state index contributed by atoms with van der Waals surface area (Å²) in [5, 5.41) is 8.03. The van der Waals surface area contributed by atoms with Gasteiger partial charge in [-0.3, -0.25) is 34.2 Å². The maximum absolute atomic E-state index is 13.1. The molecule has 1 saturated heterocycles. The number of carbonyl (C=O) groups is 5. The second kappa shape index (κ2) is 15.3. The van der Waals surface area contributed by atoms with Crippen molar-refractivity contribution in [2.75, 3.05) is 64.7 Å². The minimum Gasteiger partial charge on any atom is -0.382 e. The van der Waals surface area contributed by atoms with E-state index in [0.717, 1.165) is 4.90 Å². The van der Waals surface area contributed by atoms with Crippen molar-refractivity contribution >= 4 is 35.2 Å². The highest BCUT2D eigenvalue weighted by atomic mass is 16.6. The number of imide groups is 2. The van der Waals surface area contributed by atoms with Crippen LogP contribution < -0.4 is 16.0 Å². The lowest BCUT2D eigenvalue weighted by Crippen LogP contribution is -2.54. The summed E-state index contributed by atoms with van der Waals surface area (Å²) >= 11 is 0. The molecule has 0 bridgehead atoms. The first-order chi connectivity index (χ1) is 18.8. The summed E-state index contributed by atoms with van der Waals surface area (Å²) < 4.78 is 21.6. The van der Waals surface area contributed by atoms with Crippen LogP contribution in [-0.2, 0) is 33.3 Å². The maximum Gasteiger partial charge on any atom is 0.264 e. The molecule has 3 rings (SSSR count). The third-order valence-electron chi connectivity index (χ3n) is 5.83. The average Bonchev–Trinajstić information content (AvgIpc) is 3.14. The monoisotopic (exact) mass is 548 g/mol. The fraction of sp³-hybridized carbons (Fsp3) is 0.577. The van der Waals surface area contributed by atoms with Gasteiger partial charge in [-0.1, -0.05) is 6.07 Å². The van der Waals surface area contributed by atoms with Gasteiger partial charge in [0.15, 0.2) is 0 Å². The highest BCUT2D eigenvalue weighted by molar-refractivity contribution is 6.25. The van der Waals surface area contributed by atoms with Gasteiger partial charge >= 0.3 is 0 Å². The van der Waals surface area contributed by atoms with Crippen LogP contribution in [0.2, 0.25) is 0 Å². The van der Waals surface area contributed by atoms with E-state index in [9.17, 15) is 24.0 Å². The number of hydrogen-bond acceptors (Lipinski definition) is 10. The molecule has 1 unspecified atom stereocenters. The summed E-state index contributed by atoms with van der Waals surface area (Å²) in [6, 6.07) is 3.97. The number of nitrogens with zero attached hydrogens (tertiary/aromatic N) is 1. The quantitative estimate of drug-likeness (QED) is 0.180. The van der Waals surface area contributed by atoms with Crippen LogP contribution >= 0.6 is 0 Å². The molecule has 39 heavy (non-hydrogen) atoms. The van der Waals surface area contributed by atoms with E-state index in [2.05, 4.69) is 16.0 Å². The number of rotatable bonds is 17. The lowest BCUT2D eigenvalue weighted by molar-refractivity contribution is -0.136. The van der Waals surface area contributed by atoms with Gasteiger partial charge in [0.25, 0.3) is 11.8 Å². The number of benzene rings is 1. The van der Waals surface area contributed by atoms with Gasteiger partial charge in [0, 0.05) is 24.7 Å². The van der Waals surface area contributed by atoms with Gasteiger partial charge in [-0.2, -0.15) is 0 Å². The van der Waals surface area contributed by atoms with E-state index in [1.54, 1.807) is 18.2 Å². The highest BCUT2D eigenvalue weighted by Gasteiger charge is 2.45. The second-order valence-electron chi connectivity index (χ2n) is 9.21. The van der Waals surface area contributed by atoms with Gasteiger partial charge < -0.3 is 29.6 Å². The van der Waals surface area contributed by atoms with Gasteiger partial charge in [-0.15, -0.1) is 0 Å². The van der Waals surface area contributed by atoms with E-state index >= 15 is 0 Å². The summed E-state index contributed by atoms with van der Waals surface area (Å²) in [6.45, 7) is 6.71. The lowest BCUT2D eigenvalue weighted by atomic mass is 10.0. The summed E-state index contributed by atoms with van der Waals surface area (Å²) in [5.74, 6) is -2.33. The number of ether oxygens (including phenoxy) is 4. The third-order valence-corrected chi connectivity index (χ3v) is 5.83. The first-order valence-electron chi connectivity index (χ1n) is 13.0. The Kier molecular flexibility index (Phi) is 11.8. The molecule has 1 fully saturated rings. The van der Waals surface area contributed by atoms with Crippen molar-refractivity contribution in [3.8, 4) is 0 Å². The standard InChI is InChI=1S/C26H36N4O9/c1-17(2)28-22(32)16-39-15-14-38-13-12-37-11-10-36-9-8-27-19-5-3-4-18-23(19)26(35)30(25(18)34)20-6-7-21(31)29-24(20)33/h3-5,17,20,27H,6-16H2,1-2H3,(H,28,32)(H,29,31,33). The SMILES string of the molecule is CC(C)NC(=O)COCCOCCOCCOCCNc1cccc2c1C(=O)N(C1CCC(=O)NC1=O)C2=O. The first-order valence-corrected chi connectivity index (χ1v) is 13.0. The van der Waals surface area contributed by atoms with E-state index < -0.39 is 29.7 Å². The van der Waals surface area contributed by atoms with Crippen LogP contribution in [-0.4, -0.2) is 106 Å². The lowest BCUT2D eigenvalue weighted by Gasteiger charge is -2.27. The fourth-order valence-electron chi connectivity index (χ4n) is 4.11. The van der Waals surface area contributed by atoms with Crippen LogP contribution in [0.15, 0.2) is 18.2 Å². The normalized spacial score (nSPS) is 17.0. The van der Waals surface area contributed by atoms with E-state index in [1.165, 1.54) is 0 Å². The van der Waals surface area contributed by atoms with Crippen LogP contribution in [0.3, 0.4) is 0 Å². The van der Waals surface area contributed by atoms with Crippen LogP contribution in [0.4, 0.5) is 5.69 Å². The summed E-state index contributed by atoms with van der Waals surface area (Å²) in [4.78, 5) is 62.0. The second-order valence-corrected chi connectivity index (χ2v) is 9.21. The molecule has 1 aromatic rings. The minimum atomic E-state index is -1.01. The number of nitrogens with one attached hydrogen (secondary N) is 3. The molecule has 214 valence electrons. The van der Waals surface area contributed by atoms with Crippen LogP contribution in [0, 0.1) is 0 Å². The van der Waals surface area contributed by atoms with E-state index in [4.69, 9.17) is 18.9 Å². The highest BCUT2D eigenvalue weighted by Crippen LogP contribution is 2.32. The zero-order chi connectivity index (χ0) is 28.2. The van der Waals surface area contributed by atoms with Crippen LogP contribution in [0.1, 0.15) is 47.4 Å². The van der Waals surface area contributed by atoms with Crippen molar-refractivity contribution in [3.05, 3.63) is 29.3 Å². The van der Waals surface area contributed by atoms with Gasteiger partial charge in [0.1, 0.15) is 12.6 Å². The van der Waals surface area contributed by atoms with E-state index in [-0.39, 0.29) is 42.5 Å². The average molecular weight is 549 g/mol. The van der Waals surface area contributed by atoms with Crippen molar-refractivity contribution in [1.29, 1.82) is 0 Å². The Morgan fingerprint density at radius 1 is 0.949 bits per heavy atom. The summed E-state index contributed by atoms with van der Waals surface area (Å²) in [5.41, 5.74) is 0.899. The molecular weight excluding hydrogens is 512 g/mol. The first kappa shape index (κ1) is 30.2. The molecule has 5 amide bonds. The van der Waals surface area contributed by atoms with Crippen molar-refractivity contribution in [1.82, 2.24) is 15.5 Å². The fourth-order valence-corrected chi connectivity index (χ4v) is 4.11. The van der Waals surface area contributed by atoms with Crippen LogP contribution in [0.5, 0.6) is 0 Å².